The van der Waals surface area contributed by atoms with Gasteiger partial charge in [0, 0.05) is 25.0 Å². The molecule has 3 aliphatic heterocycles. The molecule has 5 rings (SSSR count). The summed E-state index contributed by atoms with van der Waals surface area (Å²) < 4.78 is 6.18. The van der Waals surface area contributed by atoms with E-state index in [2.05, 4.69) is 10.3 Å². The number of fused-ring (bicyclic) bond motifs is 1. The number of nitrogens with zero attached hydrogens (tertiary/aromatic N) is 2. The number of aromatic nitrogens is 1. The SMILES string of the molecule is O=C(NCc1cccnc1)[C@H]1[C@@H]2C=C[C@@]3(CN(C4CCCC4)C(=O)[C@@H]13)O2. The van der Waals surface area contributed by atoms with Crippen LogP contribution in [0.4, 0.5) is 0 Å². The number of ether oxygens (including phenoxy) is 1. The summed E-state index contributed by atoms with van der Waals surface area (Å²) in [5.41, 5.74) is 0.348. The van der Waals surface area contributed by atoms with Crippen LogP contribution in [0.5, 0.6) is 0 Å². The maximum absolute atomic E-state index is 13.2. The van der Waals surface area contributed by atoms with Gasteiger partial charge in [0.05, 0.1) is 24.5 Å². The highest BCUT2D eigenvalue weighted by Crippen LogP contribution is 2.52. The molecule has 136 valence electrons. The van der Waals surface area contributed by atoms with Crippen molar-refractivity contribution in [3.05, 3.63) is 42.2 Å². The molecule has 6 heteroatoms. The van der Waals surface area contributed by atoms with E-state index in [4.69, 9.17) is 4.74 Å². The number of hydrogen-bond donors (Lipinski definition) is 1. The Morgan fingerprint density at radius 1 is 1.38 bits per heavy atom. The third-order valence-corrected chi connectivity index (χ3v) is 6.39. The zero-order valence-electron chi connectivity index (χ0n) is 14.6. The molecule has 3 fully saturated rings. The third kappa shape index (κ3) is 2.31. The lowest BCUT2D eigenvalue weighted by Gasteiger charge is -2.27. The Kier molecular flexibility index (Phi) is 3.64. The molecular weight excluding hydrogens is 330 g/mol. The van der Waals surface area contributed by atoms with Gasteiger partial charge in [-0.15, -0.1) is 0 Å². The van der Waals surface area contributed by atoms with Gasteiger partial charge in [-0.2, -0.15) is 0 Å². The van der Waals surface area contributed by atoms with Crippen LogP contribution >= 0.6 is 0 Å². The predicted molar refractivity (Wildman–Crippen MR) is 93.8 cm³/mol. The fourth-order valence-electron chi connectivity index (χ4n) is 5.16. The molecule has 0 radical (unpaired) electrons. The van der Waals surface area contributed by atoms with Crippen molar-refractivity contribution in [2.75, 3.05) is 6.54 Å². The molecule has 2 bridgehead atoms. The molecule has 1 N–H and O–H groups in total. The minimum Gasteiger partial charge on any atom is -0.360 e. The summed E-state index contributed by atoms with van der Waals surface area (Å²) in [6.45, 7) is 1.01. The number of rotatable bonds is 4. The summed E-state index contributed by atoms with van der Waals surface area (Å²) in [7, 11) is 0. The van der Waals surface area contributed by atoms with Crippen LogP contribution in [0, 0.1) is 11.8 Å². The highest BCUT2D eigenvalue weighted by molar-refractivity contribution is 5.93. The molecule has 0 aromatic carbocycles. The number of amides is 2. The van der Waals surface area contributed by atoms with Gasteiger partial charge >= 0.3 is 0 Å². The van der Waals surface area contributed by atoms with Crippen LogP contribution in [0.2, 0.25) is 0 Å². The average Bonchev–Trinajstić information content (AvgIpc) is 3.42. The van der Waals surface area contributed by atoms with Gasteiger partial charge < -0.3 is 15.0 Å². The molecule has 2 amide bonds. The van der Waals surface area contributed by atoms with Gasteiger partial charge in [-0.1, -0.05) is 31.1 Å². The van der Waals surface area contributed by atoms with Crippen molar-refractivity contribution in [1.29, 1.82) is 0 Å². The molecule has 4 atom stereocenters. The zero-order valence-corrected chi connectivity index (χ0v) is 14.6. The Balaban J connectivity index is 1.34. The van der Waals surface area contributed by atoms with Gasteiger partial charge in [0.1, 0.15) is 5.60 Å². The van der Waals surface area contributed by atoms with Crippen molar-refractivity contribution in [2.24, 2.45) is 11.8 Å². The molecule has 4 aliphatic rings. The quantitative estimate of drug-likeness (QED) is 0.831. The van der Waals surface area contributed by atoms with Gasteiger partial charge in [0.2, 0.25) is 11.8 Å². The van der Waals surface area contributed by atoms with Crippen LogP contribution in [0.15, 0.2) is 36.7 Å². The smallest absolute Gasteiger partial charge is 0.230 e. The first-order chi connectivity index (χ1) is 12.7. The Bertz CT molecular complexity index is 759. The first-order valence-electron chi connectivity index (χ1n) is 9.52. The highest BCUT2D eigenvalue weighted by atomic mass is 16.5. The second-order valence-corrected chi connectivity index (χ2v) is 7.88. The molecule has 0 unspecified atom stereocenters. The lowest BCUT2D eigenvalue weighted by molar-refractivity contribution is -0.138. The number of carbonyl (C=O) groups is 2. The van der Waals surface area contributed by atoms with Crippen LogP contribution in [-0.4, -0.2) is 46.0 Å². The van der Waals surface area contributed by atoms with Crippen LogP contribution < -0.4 is 5.32 Å². The minimum absolute atomic E-state index is 0.100. The number of hydrogen-bond acceptors (Lipinski definition) is 4. The summed E-state index contributed by atoms with van der Waals surface area (Å²) in [4.78, 5) is 32.1. The molecule has 1 aromatic rings. The van der Waals surface area contributed by atoms with Crippen molar-refractivity contribution in [3.8, 4) is 0 Å². The molecule has 1 saturated carbocycles. The Morgan fingerprint density at radius 3 is 3.00 bits per heavy atom. The minimum atomic E-state index is -0.597. The summed E-state index contributed by atoms with van der Waals surface area (Å²) in [6, 6.07) is 4.09. The van der Waals surface area contributed by atoms with Crippen LogP contribution in [0.1, 0.15) is 31.2 Å². The average molecular weight is 353 g/mol. The fourth-order valence-corrected chi connectivity index (χ4v) is 5.16. The lowest BCUT2D eigenvalue weighted by Crippen LogP contribution is -2.44. The van der Waals surface area contributed by atoms with E-state index in [-0.39, 0.29) is 23.8 Å². The number of pyridine rings is 1. The Hall–Kier alpha value is -2.21. The Morgan fingerprint density at radius 2 is 2.23 bits per heavy atom. The molecule has 1 aliphatic carbocycles. The number of likely N-dealkylation sites (tertiary alicyclic amines) is 1. The maximum Gasteiger partial charge on any atom is 0.230 e. The van der Waals surface area contributed by atoms with Gasteiger partial charge in [0.25, 0.3) is 0 Å². The normalized spacial score (nSPS) is 35.3. The van der Waals surface area contributed by atoms with Crippen molar-refractivity contribution >= 4 is 11.8 Å². The van der Waals surface area contributed by atoms with E-state index in [1.54, 1.807) is 12.4 Å². The van der Waals surface area contributed by atoms with Crippen LogP contribution in [0.25, 0.3) is 0 Å². The topological polar surface area (TPSA) is 71.5 Å². The molecule has 26 heavy (non-hydrogen) atoms. The molecular formula is C20H23N3O3. The standard InChI is InChI=1S/C20H23N3O3/c24-18(22-11-13-4-3-9-21-10-13)16-15-7-8-20(26-15)12-23(19(25)17(16)20)14-5-1-2-6-14/h3-4,7-10,14-17H,1-2,5-6,11-12H2,(H,22,24)/t15-,16-,17+,20-/m0/s1. The number of carbonyl (C=O) groups excluding carboxylic acids is 2. The van der Waals surface area contributed by atoms with E-state index in [0.717, 1.165) is 18.4 Å². The first-order valence-corrected chi connectivity index (χ1v) is 9.52. The van der Waals surface area contributed by atoms with E-state index < -0.39 is 11.5 Å². The third-order valence-electron chi connectivity index (χ3n) is 6.39. The summed E-state index contributed by atoms with van der Waals surface area (Å²) >= 11 is 0. The van der Waals surface area contributed by atoms with Crippen molar-refractivity contribution in [1.82, 2.24) is 15.2 Å². The van der Waals surface area contributed by atoms with Gasteiger partial charge in [-0.05, 0) is 24.5 Å². The van der Waals surface area contributed by atoms with Gasteiger partial charge in [0.15, 0.2) is 0 Å². The number of nitrogens with one attached hydrogen (secondary N) is 1. The molecule has 1 aromatic heterocycles. The summed E-state index contributed by atoms with van der Waals surface area (Å²) in [5, 5.41) is 2.98. The molecule has 2 saturated heterocycles. The molecule has 6 nitrogen and oxygen atoms in total. The first kappa shape index (κ1) is 16.0. The lowest BCUT2D eigenvalue weighted by atomic mass is 9.77. The Labute approximate surface area is 152 Å². The van der Waals surface area contributed by atoms with Crippen molar-refractivity contribution < 1.29 is 14.3 Å². The van der Waals surface area contributed by atoms with Gasteiger partial charge in [-0.25, -0.2) is 0 Å². The zero-order chi connectivity index (χ0) is 17.7. The van der Waals surface area contributed by atoms with E-state index >= 15 is 0 Å². The van der Waals surface area contributed by atoms with E-state index in [0.29, 0.717) is 19.1 Å². The van der Waals surface area contributed by atoms with Gasteiger partial charge in [-0.3, -0.25) is 14.6 Å². The predicted octanol–water partition coefficient (Wildman–Crippen LogP) is 1.42. The fraction of sp³-hybridized carbons (Fsp3) is 0.550. The summed E-state index contributed by atoms with van der Waals surface area (Å²) in [5.74, 6) is -0.815. The molecule has 4 heterocycles. The van der Waals surface area contributed by atoms with Crippen molar-refractivity contribution in [2.45, 2.75) is 50.0 Å². The van der Waals surface area contributed by atoms with E-state index in [9.17, 15) is 9.59 Å². The van der Waals surface area contributed by atoms with Crippen LogP contribution in [-0.2, 0) is 20.9 Å². The monoisotopic (exact) mass is 353 g/mol. The second-order valence-electron chi connectivity index (χ2n) is 7.88. The summed E-state index contributed by atoms with van der Waals surface area (Å²) in [6.07, 6.45) is 11.7. The molecule has 1 spiro atoms. The largest absolute Gasteiger partial charge is 0.360 e. The maximum atomic E-state index is 13.2. The van der Waals surface area contributed by atoms with Crippen LogP contribution in [0.3, 0.4) is 0 Å². The highest BCUT2D eigenvalue weighted by Gasteiger charge is 2.67. The van der Waals surface area contributed by atoms with E-state index in [1.165, 1.54) is 12.8 Å². The van der Waals surface area contributed by atoms with E-state index in [1.807, 2.05) is 29.2 Å². The second kappa shape index (κ2) is 5.91. The van der Waals surface area contributed by atoms with Crippen molar-refractivity contribution in [3.63, 3.8) is 0 Å².